The number of hydrogen-bond acceptors (Lipinski definition) is 17. The van der Waals surface area contributed by atoms with Crippen molar-refractivity contribution >= 4 is 81.4 Å². The van der Waals surface area contributed by atoms with E-state index in [0.29, 0.717) is 5.57 Å². The molecule has 19 nitrogen and oxygen atoms in total. The van der Waals surface area contributed by atoms with Gasteiger partial charge in [-0.25, -0.2) is 19.3 Å². The Balaban J connectivity index is 0.000000908. The molecule has 2 aromatic heterocycles. The number of aryl methyl sites for hydroxylation is 1. The van der Waals surface area contributed by atoms with Gasteiger partial charge in [0.25, 0.3) is 17.6 Å². The molecule has 0 spiro atoms. The summed E-state index contributed by atoms with van der Waals surface area (Å²) < 4.78 is 11.2. The molecule has 2 aliphatic heterocycles. The minimum atomic E-state index is -1.31. The zero-order chi connectivity index (χ0) is 38.4. The summed E-state index contributed by atoms with van der Waals surface area (Å²) in [5.41, 5.74) is 4.52. The predicted octanol–water partition coefficient (Wildman–Crippen LogP) is 1.56. The standard InChI is InChI=1S/C24H28N8O9S3.C5H10O2/c1-24(2,3)21(38)41-9-40-20(37)15-28-23(31(4)29-15)44-7-10-6-42-18-13(17(34)32(18)14(10)19(35)36)27-16(33)12(30-39-5)11-8-43-22(25)26-11;1-5(2,3)4(6)7/h8,13,18H,6-7,9H2,1-5H3,(H2,25,26)(H,27,33)(H,35,36);1-3H3,(H,6,7)/b30-12-;/t13-,18-;/m1./s1. The number of anilines is 1. The number of nitrogens with zero attached hydrogens (tertiary/aromatic N) is 6. The van der Waals surface area contributed by atoms with Crippen LogP contribution in [0.3, 0.4) is 0 Å². The Morgan fingerprint density at radius 3 is 2.27 bits per heavy atom. The molecule has 2 atom stereocenters. The molecule has 0 aliphatic carbocycles. The summed E-state index contributed by atoms with van der Waals surface area (Å²) in [6.45, 7) is 9.35. The van der Waals surface area contributed by atoms with Crippen molar-refractivity contribution in [1.29, 1.82) is 0 Å². The van der Waals surface area contributed by atoms with E-state index in [1.165, 1.54) is 36.0 Å². The Hall–Kier alpha value is -4.70. The first-order valence-electron chi connectivity index (χ1n) is 14.8. The van der Waals surface area contributed by atoms with E-state index < -0.39 is 64.7 Å². The third kappa shape index (κ3) is 10.2. The minimum absolute atomic E-state index is 0.113. The number of hydrogen-bond donors (Lipinski definition) is 4. The van der Waals surface area contributed by atoms with Gasteiger partial charge in [0.1, 0.15) is 29.9 Å². The Labute approximate surface area is 304 Å². The Morgan fingerprint density at radius 2 is 1.75 bits per heavy atom. The number of ether oxygens (including phenoxy) is 2. The second-order valence-electron chi connectivity index (χ2n) is 12.7. The number of carboxylic acids is 2. The molecular formula is C29H38N8O11S3. The number of nitrogens with one attached hydrogen (secondary N) is 1. The lowest BCUT2D eigenvalue weighted by molar-refractivity contribution is -0.161. The van der Waals surface area contributed by atoms with Crippen molar-refractivity contribution in [2.45, 2.75) is 58.1 Å². The zero-order valence-corrected chi connectivity index (χ0v) is 31.4. The summed E-state index contributed by atoms with van der Waals surface area (Å²) in [7, 11) is 2.79. The number of thioether (sulfide) groups is 2. The maximum Gasteiger partial charge on any atom is 0.381 e. The molecule has 0 aromatic carbocycles. The van der Waals surface area contributed by atoms with Crippen LogP contribution in [0.25, 0.3) is 0 Å². The van der Waals surface area contributed by atoms with Crippen LogP contribution in [-0.4, -0.2) is 113 Å². The van der Waals surface area contributed by atoms with Crippen molar-refractivity contribution in [1.82, 2.24) is 30.0 Å². The number of amides is 2. The van der Waals surface area contributed by atoms with E-state index in [0.717, 1.165) is 28.0 Å². The molecule has 1 saturated heterocycles. The fourth-order valence-corrected chi connectivity index (χ4v) is 6.79. The Bertz CT molecular complexity index is 1760. The lowest BCUT2D eigenvalue weighted by atomic mass is 9.98. The molecule has 1 fully saturated rings. The van der Waals surface area contributed by atoms with E-state index in [9.17, 15) is 33.9 Å². The SMILES string of the molecule is CC(C)(C)C(=O)O.CO/N=C(\C(=O)N[C@@H]1C(=O)N2C(C(=O)O)=C(CSc3nc(C(=O)OCOC(=O)C(C)(C)C)nn3C)CS[C@H]12)c1csc(N)n1. The van der Waals surface area contributed by atoms with E-state index in [1.54, 1.807) is 41.5 Å². The van der Waals surface area contributed by atoms with E-state index >= 15 is 0 Å². The molecule has 2 amide bonds. The minimum Gasteiger partial charge on any atom is -0.481 e. The van der Waals surface area contributed by atoms with Gasteiger partial charge in [-0.2, -0.15) is 4.98 Å². The molecule has 4 heterocycles. The van der Waals surface area contributed by atoms with Crippen molar-refractivity contribution in [2.24, 2.45) is 23.0 Å². The highest BCUT2D eigenvalue weighted by Crippen LogP contribution is 2.41. The van der Waals surface area contributed by atoms with Gasteiger partial charge in [-0.3, -0.25) is 24.1 Å². The fourth-order valence-electron chi connectivity index (χ4n) is 3.85. The van der Waals surface area contributed by atoms with Gasteiger partial charge in [0, 0.05) is 23.9 Å². The topological polar surface area (TPSA) is 268 Å². The Morgan fingerprint density at radius 1 is 1.10 bits per heavy atom. The van der Waals surface area contributed by atoms with Crippen molar-refractivity contribution < 1.29 is 53.3 Å². The highest BCUT2D eigenvalue weighted by atomic mass is 32.2. The highest BCUT2D eigenvalue weighted by Gasteiger charge is 2.54. The summed E-state index contributed by atoms with van der Waals surface area (Å²) in [6.07, 6.45) is 0. The number of oxime groups is 1. The van der Waals surface area contributed by atoms with Gasteiger partial charge in [0.15, 0.2) is 16.0 Å². The number of esters is 2. The fraction of sp³-hybridized carbons (Fsp3) is 0.517. The molecule has 2 aromatic rings. The van der Waals surface area contributed by atoms with Crippen molar-refractivity contribution in [3.63, 3.8) is 0 Å². The number of nitrogen functional groups attached to an aromatic ring is 1. The molecule has 51 heavy (non-hydrogen) atoms. The zero-order valence-electron chi connectivity index (χ0n) is 28.9. The molecule has 0 bridgehead atoms. The third-order valence-corrected chi connectivity index (χ3v) is 9.73. The molecule has 0 radical (unpaired) electrons. The van der Waals surface area contributed by atoms with E-state index in [2.05, 4.69) is 25.5 Å². The smallest absolute Gasteiger partial charge is 0.381 e. The first kappa shape index (κ1) is 40.7. The molecule has 0 saturated carbocycles. The van der Waals surface area contributed by atoms with Gasteiger partial charge < -0.3 is 35.6 Å². The second-order valence-corrected chi connectivity index (χ2v) is 15.7. The largest absolute Gasteiger partial charge is 0.481 e. The van der Waals surface area contributed by atoms with Crippen molar-refractivity contribution in [3.8, 4) is 0 Å². The van der Waals surface area contributed by atoms with Gasteiger partial charge in [-0.15, -0.1) is 28.2 Å². The van der Waals surface area contributed by atoms with Crippen LogP contribution in [0.15, 0.2) is 27.0 Å². The number of carboxylic acid groups (broad SMARTS) is 2. The summed E-state index contributed by atoms with van der Waals surface area (Å²) >= 11 is 3.48. The van der Waals surface area contributed by atoms with Gasteiger partial charge in [-0.05, 0) is 47.1 Å². The van der Waals surface area contributed by atoms with Crippen LogP contribution >= 0.6 is 34.9 Å². The number of rotatable bonds is 11. The average Bonchev–Trinajstić information content (AvgIpc) is 3.64. The summed E-state index contributed by atoms with van der Waals surface area (Å²) in [5.74, 6) is -4.80. The summed E-state index contributed by atoms with van der Waals surface area (Å²) in [4.78, 5) is 86.5. The van der Waals surface area contributed by atoms with Gasteiger partial charge in [0.2, 0.25) is 6.79 Å². The number of fused-ring (bicyclic) bond motifs is 1. The van der Waals surface area contributed by atoms with Crippen LogP contribution in [0.5, 0.6) is 0 Å². The number of aromatic nitrogens is 4. The van der Waals surface area contributed by atoms with Crippen LogP contribution in [0.2, 0.25) is 0 Å². The van der Waals surface area contributed by atoms with E-state index in [1.807, 2.05) is 0 Å². The summed E-state index contributed by atoms with van der Waals surface area (Å²) in [6, 6.07) is -1.01. The second kappa shape index (κ2) is 16.5. The normalized spacial score (nSPS) is 17.4. The van der Waals surface area contributed by atoms with Crippen LogP contribution < -0.4 is 11.1 Å². The number of thiazole rings is 1. The maximum absolute atomic E-state index is 13.1. The van der Waals surface area contributed by atoms with E-state index in [-0.39, 0.29) is 44.7 Å². The van der Waals surface area contributed by atoms with Gasteiger partial charge in [-0.1, -0.05) is 16.9 Å². The quantitative estimate of drug-likeness (QED) is 0.0630. The first-order chi connectivity index (χ1) is 23.7. The van der Waals surface area contributed by atoms with Crippen molar-refractivity contribution in [2.75, 3.05) is 31.1 Å². The van der Waals surface area contributed by atoms with Crippen LogP contribution in [0, 0.1) is 10.8 Å². The monoisotopic (exact) mass is 770 g/mol. The van der Waals surface area contributed by atoms with Gasteiger partial charge >= 0.3 is 23.9 Å². The van der Waals surface area contributed by atoms with E-state index in [4.69, 9.17) is 25.2 Å². The van der Waals surface area contributed by atoms with Crippen LogP contribution in [-0.2, 0) is 45.3 Å². The summed E-state index contributed by atoms with van der Waals surface area (Å²) in [5, 5.41) is 29.9. The Kier molecular flexibility index (Phi) is 13.2. The number of carbonyl (C=O) groups excluding carboxylic acids is 4. The predicted molar refractivity (Wildman–Crippen MR) is 184 cm³/mol. The number of carbonyl (C=O) groups is 6. The number of nitrogens with two attached hydrogens (primary N) is 1. The molecule has 0 unspecified atom stereocenters. The molecule has 22 heteroatoms. The molecular weight excluding hydrogens is 733 g/mol. The molecule has 2 aliphatic rings. The van der Waals surface area contributed by atoms with Crippen molar-refractivity contribution in [3.05, 3.63) is 28.2 Å². The molecule has 5 N–H and O–H groups in total. The molecule has 4 rings (SSSR count). The lowest BCUT2D eigenvalue weighted by Gasteiger charge is -2.49. The average molecular weight is 771 g/mol. The number of aliphatic carboxylic acids is 2. The number of β-lactam (4-membered cyclic amide) rings is 1. The van der Waals surface area contributed by atoms with Crippen LogP contribution in [0.4, 0.5) is 5.13 Å². The van der Waals surface area contributed by atoms with Crippen LogP contribution in [0.1, 0.15) is 57.9 Å². The first-order valence-corrected chi connectivity index (χ1v) is 17.7. The lowest BCUT2D eigenvalue weighted by Crippen LogP contribution is -2.71. The van der Waals surface area contributed by atoms with Gasteiger partial charge in [0.05, 0.1) is 10.8 Å². The third-order valence-electron chi connectivity index (χ3n) is 6.61. The molecule has 278 valence electrons. The highest BCUT2D eigenvalue weighted by molar-refractivity contribution is 8.01. The maximum atomic E-state index is 13.1.